The van der Waals surface area contributed by atoms with Crippen LogP contribution < -0.4 is 9.47 Å². The molecule has 0 saturated heterocycles. The summed E-state index contributed by atoms with van der Waals surface area (Å²) in [6, 6.07) is 13.8. The largest absolute Gasteiger partial charge is 0.454 e. The van der Waals surface area contributed by atoms with Crippen molar-refractivity contribution in [3.8, 4) is 22.9 Å². The van der Waals surface area contributed by atoms with E-state index in [9.17, 15) is 10.1 Å². The fourth-order valence-electron chi connectivity index (χ4n) is 3.84. The summed E-state index contributed by atoms with van der Waals surface area (Å²) in [5, 5.41) is 24.8. The SMILES string of the molecule is O=[N+]([O-])c1ccc(C2=Nn3c(nnc3-c3ccncc3)Cc3cc4c(cc32)OCO4)cc1. The second kappa shape index (κ2) is 6.98. The van der Waals surface area contributed by atoms with Crippen LogP contribution in [0, 0.1) is 10.1 Å². The van der Waals surface area contributed by atoms with Crippen molar-refractivity contribution in [2.45, 2.75) is 6.42 Å². The molecule has 0 spiro atoms. The number of nitro benzene ring substituents is 1. The molecule has 2 aliphatic heterocycles. The van der Waals surface area contributed by atoms with Gasteiger partial charge in [-0.3, -0.25) is 15.1 Å². The normalized spacial score (nSPS) is 13.7. The first-order valence-corrected chi connectivity index (χ1v) is 9.79. The average molecular weight is 426 g/mol. The molecule has 2 aromatic carbocycles. The molecule has 0 atom stereocenters. The maximum Gasteiger partial charge on any atom is 0.269 e. The van der Waals surface area contributed by atoms with E-state index in [1.165, 1.54) is 12.1 Å². The van der Waals surface area contributed by atoms with Gasteiger partial charge in [0.25, 0.3) is 5.69 Å². The van der Waals surface area contributed by atoms with Gasteiger partial charge in [-0.25, -0.2) is 0 Å². The Morgan fingerprint density at radius 1 is 0.938 bits per heavy atom. The highest BCUT2D eigenvalue weighted by molar-refractivity contribution is 6.14. The zero-order valence-electron chi connectivity index (χ0n) is 16.5. The quantitative estimate of drug-likeness (QED) is 0.321. The molecule has 0 bridgehead atoms. The summed E-state index contributed by atoms with van der Waals surface area (Å²) in [6.07, 6.45) is 3.84. The average Bonchev–Trinajstić information content (AvgIpc) is 3.40. The summed E-state index contributed by atoms with van der Waals surface area (Å²) < 4.78 is 12.9. The maximum absolute atomic E-state index is 11.1. The van der Waals surface area contributed by atoms with Gasteiger partial charge < -0.3 is 9.47 Å². The van der Waals surface area contributed by atoms with E-state index in [1.54, 1.807) is 29.2 Å². The summed E-state index contributed by atoms with van der Waals surface area (Å²) in [5.74, 6) is 2.53. The molecule has 0 saturated carbocycles. The Labute approximate surface area is 180 Å². The Bertz CT molecular complexity index is 1400. The summed E-state index contributed by atoms with van der Waals surface area (Å²) in [6.45, 7) is 0.157. The van der Waals surface area contributed by atoms with Crippen LogP contribution in [0.15, 0.2) is 66.0 Å². The molecule has 0 radical (unpaired) electrons. The van der Waals surface area contributed by atoms with Gasteiger partial charge in [0.05, 0.1) is 10.6 Å². The van der Waals surface area contributed by atoms with Gasteiger partial charge in [-0.05, 0) is 42.0 Å². The van der Waals surface area contributed by atoms with E-state index in [2.05, 4.69) is 15.2 Å². The van der Waals surface area contributed by atoms with E-state index in [-0.39, 0.29) is 12.5 Å². The predicted molar refractivity (Wildman–Crippen MR) is 113 cm³/mol. The number of hydrogen-bond acceptors (Lipinski definition) is 8. The van der Waals surface area contributed by atoms with Crippen molar-refractivity contribution in [1.82, 2.24) is 19.9 Å². The molecule has 10 nitrogen and oxygen atoms in total. The summed E-state index contributed by atoms with van der Waals surface area (Å²) in [4.78, 5) is 14.8. The van der Waals surface area contributed by atoms with E-state index in [0.717, 1.165) is 22.3 Å². The molecule has 0 unspecified atom stereocenters. The van der Waals surface area contributed by atoms with Crippen LogP contribution in [-0.4, -0.2) is 37.3 Å². The molecule has 32 heavy (non-hydrogen) atoms. The number of pyridine rings is 1. The standard InChI is InChI=1S/C22H14N6O4/c29-28(30)16-3-1-13(2-4-16)21-17-11-19-18(31-12-32-19)9-15(17)10-20-24-25-22(27(20)26-21)14-5-7-23-8-6-14/h1-9,11H,10,12H2. The number of non-ortho nitro benzene ring substituents is 1. The zero-order valence-corrected chi connectivity index (χ0v) is 16.5. The molecule has 4 heterocycles. The minimum absolute atomic E-state index is 0.0105. The molecule has 2 aliphatic rings. The number of rotatable bonds is 3. The lowest BCUT2D eigenvalue weighted by molar-refractivity contribution is -0.384. The number of hydrogen-bond donors (Lipinski definition) is 0. The molecular formula is C22H14N6O4. The third kappa shape index (κ3) is 2.88. The first-order chi connectivity index (χ1) is 15.7. The van der Waals surface area contributed by atoms with Crippen molar-refractivity contribution in [1.29, 1.82) is 0 Å². The van der Waals surface area contributed by atoms with Crippen molar-refractivity contribution in [3.05, 3.63) is 93.6 Å². The lowest BCUT2D eigenvalue weighted by Gasteiger charge is -2.11. The van der Waals surface area contributed by atoms with Gasteiger partial charge in [0.1, 0.15) is 0 Å². The Balaban J connectivity index is 1.58. The van der Waals surface area contributed by atoms with E-state index in [0.29, 0.717) is 35.3 Å². The van der Waals surface area contributed by atoms with Crippen LogP contribution in [0.3, 0.4) is 0 Å². The molecule has 0 aliphatic carbocycles. The van der Waals surface area contributed by atoms with Crippen LogP contribution >= 0.6 is 0 Å². The summed E-state index contributed by atoms with van der Waals surface area (Å²) in [5.41, 5.74) is 3.97. The smallest absolute Gasteiger partial charge is 0.269 e. The van der Waals surface area contributed by atoms with Gasteiger partial charge in [0.2, 0.25) is 6.79 Å². The van der Waals surface area contributed by atoms with Crippen molar-refractivity contribution in [2.24, 2.45) is 5.10 Å². The van der Waals surface area contributed by atoms with Crippen LogP contribution in [0.1, 0.15) is 22.5 Å². The van der Waals surface area contributed by atoms with Crippen molar-refractivity contribution < 1.29 is 14.4 Å². The van der Waals surface area contributed by atoms with Gasteiger partial charge in [-0.2, -0.15) is 9.78 Å². The summed E-state index contributed by atoms with van der Waals surface area (Å²) in [7, 11) is 0. The Morgan fingerprint density at radius 2 is 1.69 bits per heavy atom. The molecule has 0 N–H and O–H groups in total. The predicted octanol–water partition coefficient (Wildman–Crippen LogP) is 3.18. The molecule has 4 aromatic rings. The number of aromatic nitrogens is 4. The van der Waals surface area contributed by atoms with E-state index >= 15 is 0 Å². The minimum Gasteiger partial charge on any atom is -0.454 e. The first kappa shape index (κ1) is 18.2. The van der Waals surface area contributed by atoms with Crippen LogP contribution in [0.5, 0.6) is 11.5 Å². The van der Waals surface area contributed by atoms with Crippen LogP contribution in [-0.2, 0) is 6.42 Å². The zero-order chi connectivity index (χ0) is 21.7. The molecular weight excluding hydrogens is 412 g/mol. The lowest BCUT2D eigenvalue weighted by Crippen LogP contribution is -2.08. The number of benzene rings is 2. The third-order valence-electron chi connectivity index (χ3n) is 5.40. The fourth-order valence-corrected chi connectivity index (χ4v) is 3.84. The highest BCUT2D eigenvalue weighted by Gasteiger charge is 2.26. The Hall–Kier alpha value is -4.60. The first-order valence-electron chi connectivity index (χ1n) is 9.79. The minimum atomic E-state index is -0.426. The fraction of sp³-hybridized carbons (Fsp3) is 0.0909. The number of fused-ring (bicyclic) bond motifs is 3. The second-order valence-electron chi connectivity index (χ2n) is 7.28. The van der Waals surface area contributed by atoms with Gasteiger partial charge in [-0.1, -0.05) is 0 Å². The van der Waals surface area contributed by atoms with Crippen molar-refractivity contribution in [2.75, 3.05) is 6.79 Å². The monoisotopic (exact) mass is 426 g/mol. The molecule has 0 fully saturated rings. The van der Waals surface area contributed by atoms with E-state index < -0.39 is 4.92 Å². The molecule has 6 rings (SSSR count). The molecule has 0 amide bonds. The number of nitro groups is 1. The third-order valence-corrected chi connectivity index (χ3v) is 5.40. The topological polar surface area (TPSA) is 118 Å². The van der Waals surface area contributed by atoms with Gasteiger partial charge in [0.15, 0.2) is 23.1 Å². The van der Waals surface area contributed by atoms with Crippen LogP contribution in [0.25, 0.3) is 11.4 Å². The van der Waals surface area contributed by atoms with Crippen LogP contribution in [0.2, 0.25) is 0 Å². The molecule has 156 valence electrons. The van der Waals surface area contributed by atoms with E-state index in [4.69, 9.17) is 14.6 Å². The number of nitrogens with zero attached hydrogens (tertiary/aromatic N) is 6. The molecule has 2 aromatic heterocycles. The Morgan fingerprint density at radius 3 is 2.44 bits per heavy atom. The Kier molecular flexibility index (Phi) is 3.97. The molecule has 10 heteroatoms. The lowest BCUT2D eigenvalue weighted by atomic mass is 9.95. The van der Waals surface area contributed by atoms with Gasteiger partial charge >= 0.3 is 0 Å². The van der Waals surface area contributed by atoms with Crippen molar-refractivity contribution >= 4 is 11.4 Å². The van der Waals surface area contributed by atoms with Gasteiger partial charge in [0, 0.05) is 47.6 Å². The van der Waals surface area contributed by atoms with Crippen LogP contribution in [0.4, 0.5) is 5.69 Å². The highest BCUT2D eigenvalue weighted by atomic mass is 16.7. The maximum atomic E-state index is 11.1. The number of ether oxygens (including phenoxy) is 2. The highest BCUT2D eigenvalue weighted by Crippen LogP contribution is 2.38. The van der Waals surface area contributed by atoms with Gasteiger partial charge in [-0.15, -0.1) is 10.2 Å². The second-order valence-corrected chi connectivity index (χ2v) is 7.28. The van der Waals surface area contributed by atoms with E-state index in [1.807, 2.05) is 24.3 Å². The summed E-state index contributed by atoms with van der Waals surface area (Å²) >= 11 is 0. The van der Waals surface area contributed by atoms with Crippen molar-refractivity contribution in [3.63, 3.8) is 0 Å².